The number of ether oxygens (including phenoxy) is 2. The fourth-order valence-corrected chi connectivity index (χ4v) is 4.87. The van der Waals surface area contributed by atoms with E-state index >= 15 is 0 Å². The van der Waals surface area contributed by atoms with Crippen LogP contribution in [-0.4, -0.2) is 44.9 Å². The van der Waals surface area contributed by atoms with Crippen LogP contribution in [0.15, 0.2) is 47.4 Å². The molecule has 1 fully saturated rings. The van der Waals surface area contributed by atoms with E-state index < -0.39 is 22.0 Å². The lowest BCUT2D eigenvalue weighted by atomic mass is 10.2. The summed E-state index contributed by atoms with van der Waals surface area (Å²) in [5.74, 6) is 0.422. The average molecular weight is 453 g/mol. The van der Waals surface area contributed by atoms with Gasteiger partial charge in [0.1, 0.15) is 11.5 Å². The highest BCUT2D eigenvalue weighted by atomic mass is 35.5. The third-order valence-electron chi connectivity index (χ3n) is 4.88. The highest BCUT2D eigenvalue weighted by Crippen LogP contribution is 2.30. The Hall–Kier alpha value is -2.29. The molecule has 2 aromatic rings. The van der Waals surface area contributed by atoms with Crippen LogP contribution in [0.2, 0.25) is 5.02 Å². The predicted molar refractivity (Wildman–Crippen MR) is 116 cm³/mol. The number of benzene rings is 2. The van der Waals surface area contributed by atoms with Gasteiger partial charge in [0.05, 0.1) is 17.7 Å². The van der Waals surface area contributed by atoms with Gasteiger partial charge in [0.15, 0.2) is 6.10 Å². The number of sulfonamides is 1. The Balaban J connectivity index is 1.77. The first-order valence-electron chi connectivity index (χ1n) is 9.72. The molecule has 0 saturated carbocycles. The molecule has 3 rings (SSSR count). The summed E-state index contributed by atoms with van der Waals surface area (Å²) < 4.78 is 38.3. The Labute approximate surface area is 182 Å². The van der Waals surface area contributed by atoms with E-state index in [0.29, 0.717) is 29.6 Å². The molecule has 0 spiro atoms. The maximum Gasteiger partial charge on any atom is 0.265 e. The van der Waals surface area contributed by atoms with Crippen molar-refractivity contribution in [2.45, 2.75) is 37.2 Å². The molecular weight excluding hydrogens is 428 g/mol. The molecule has 1 aliphatic heterocycles. The molecule has 162 valence electrons. The van der Waals surface area contributed by atoms with Gasteiger partial charge in [-0.3, -0.25) is 4.79 Å². The van der Waals surface area contributed by atoms with Crippen LogP contribution in [0, 0.1) is 0 Å². The van der Waals surface area contributed by atoms with E-state index in [4.69, 9.17) is 21.1 Å². The van der Waals surface area contributed by atoms with Crippen molar-refractivity contribution in [1.82, 2.24) is 4.31 Å². The number of halogens is 1. The Kier molecular flexibility index (Phi) is 7.23. The van der Waals surface area contributed by atoms with Crippen LogP contribution in [0.3, 0.4) is 0 Å². The molecule has 0 bridgehead atoms. The third kappa shape index (κ3) is 5.24. The molecule has 1 amide bonds. The van der Waals surface area contributed by atoms with Gasteiger partial charge in [-0.15, -0.1) is 0 Å². The second-order valence-electron chi connectivity index (χ2n) is 7.03. The zero-order chi connectivity index (χ0) is 21.7. The lowest BCUT2D eigenvalue weighted by Crippen LogP contribution is -2.35. The number of nitrogens with one attached hydrogen (secondary N) is 1. The van der Waals surface area contributed by atoms with Crippen molar-refractivity contribution in [3.05, 3.63) is 47.5 Å². The molecule has 2 aromatic carbocycles. The molecular formula is C21H25ClN2O5S. The summed E-state index contributed by atoms with van der Waals surface area (Å²) in [6.07, 6.45) is 1.90. The maximum atomic E-state index is 13.0. The number of nitrogens with zero attached hydrogens (tertiary/aromatic N) is 1. The van der Waals surface area contributed by atoms with Crippen LogP contribution >= 0.6 is 11.6 Å². The number of hydrogen-bond donors (Lipinski definition) is 1. The monoisotopic (exact) mass is 452 g/mol. The predicted octanol–water partition coefficient (Wildman–Crippen LogP) is 3.93. The second-order valence-corrected chi connectivity index (χ2v) is 9.40. The Morgan fingerprint density at radius 3 is 2.40 bits per heavy atom. The molecule has 1 N–H and O–H groups in total. The van der Waals surface area contributed by atoms with E-state index in [1.807, 2.05) is 0 Å². The van der Waals surface area contributed by atoms with Crippen LogP contribution in [-0.2, 0) is 14.8 Å². The van der Waals surface area contributed by atoms with Gasteiger partial charge < -0.3 is 14.8 Å². The van der Waals surface area contributed by atoms with Crippen molar-refractivity contribution < 1.29 is 22.7 Å². The number of carbonyl (C=O) groups excluding carboxylic acids is 1. The van der Waals surface area contributed by atoms with E-state index in [9.17, 15) is 13.2 Å². The first-order chi connectivity index (χ1) is 14.3. The van der Waals surface area contributed by atoms with E-state index in [2.05, 4.69) is 5.32 Å². The summed E-state index contributed by atoms with van der Waals surface area (Å²) in [6.45, 7) is 2.61. The van der Waals surface area contributed by atoms with Gasteiger partial charge in [0.2, 0.25) is 10.0 Å². The first-order valence-corrected chi connectivity index (χ1v) is 11.5. The Morgan fingerprint density at radius 2 is 1.77 bits per heavy atom. The lowest BCUT2D eigenvalue weighted by Gasteiger charge is -2.26. The Bertz CT molecular complexity index is 989. The fourth-order valence-electron chi connectivity index (χ4n) is 3.20. The summed E-state index contributed by atoms with van der Waals surface area (Å²) in [6, 6.07) is 11.1. The third-order valence-corrected chi connectivity index (χ3v) is 7.02. The van der Waals surface area contributed by atoms with E-state index in [1.54, 1.807) is 31.2 Å². The van der Waals surface area contributed by atoms with Crippen LogP contribution in [0.1, 0.15) is 26.2 Å². The normalized spacial score (nSPS) is 16.0. The minimum atomic E-state index is -3.64. The second kappa shape index (κ2) is 9.68. The fraction of sp³-hybridized carbons (Fsp3) is 0.381. The number of carbonyl (C=O) groups is 1. The number of piperidine rings is 1. The van der Waals surface area contributed by atoms with E-state index in [1.165, 1.54) is 29.6 Å². The largest absolute Gasteiger partial charge is 0.495 e. The summed E-state index contributed by atoms with van der Waals surface area (Å²) in [7, 11) is -2.18. The molecule has 1 atom stereocenters. The van der Waals surface area contributed by atoms with E-state index in [-0.39, 0.29) is 10.6 Å². The van der Waals surface area contributed by atoms with Gasteiger partial charge in [-0.25, -0.2) is 8.42 Å². The van der Waals surface area contributed by atoms with Crippen LogP contribution < -0.4 is 14.8 Å². The highest BCUT2D eigenvalue weighted by molar-refractivity contribution is 7.89. The number of amides is 1. The molecule has 9 heteroatoms. The van der Waals surface area contributed by atoms with Crippen molar-refractivity contribution in [3.63, 3.8) is 0 Å². The van der Waals surface area contributed by atoms with Gasteiger partial charge >= 0.3 is 0 Å². The summed E-state index contributed by atoms with van der Waals surface area (Å²) >= 11 is 5.86. The van der Waals surface area contributed by atoms with Crippen molar-refractivity contribution in [2.75, 3.05) is 25.5 Å². The zero-order valence-corrected chi connectivity index (χ0v) is 18.5. The molecule has 0 aliphatic carbocycles. The zero-order valence-electron chi connectivity index (χ0n) is 16.9. The molecule has 0 aromatic heterocycles. The van der Waals surface area contributed by atoms with Gasteiger partial charge in [0, 0.05) is 18.1 Å². The summed E-state index contributed by atoms with van der Waals surface area (Å²) in [4.78, 5) is 12.8. The minimum absolute atomic E-state index is 0.117. The summed E-state index contributed by atoms with van der Waals surface area (Å²) in [5, 5.41) is 3.28. The Morgan fingerprint density at radius 1 is 1.10 bits per heavy atom. The standard InChI is InChI=1S/C21H25ClN2O5S/c1-15(29-17-8-6-16(22)7-9-17)21(25)23-19-14-18(10-11-20(19)28-2)30(26,27)24-12-4-3-5-13-24/h6-11,14-15H,3-5,12-13H2,1-2H3,(H,23,25)/t15-/m0/s1. The van der Waals surface area contributed by atoms with Crippen LogP contribution in [0.25, 0.3) is 0 Å². The number of rotatable bonds is 7. The van der Waals surface area contributed by atoms with Gasteiger partial charge in [-0.2, -0.15) is 4.31 Å². The molecule has 1 saturated heterocycles. The molecule has 0 unspecified atom stereocenters. The average Bonchev–Trinajstić information content (AvgIpc) is 2.75. The van der Waals surface area contributed by atoms with Gasteiger partial charge in [0.25, 0.3) is 5.91 Å². The van der Waals surface area contributed by atoms with Crippen LogP contribution in [0.4, 0.5) is 5.69 Å². The molecule has 0 radical (unpaired) electrons. The molecule has 7 nitrogen and oxygen atoms in total. The first kappa shape index (κ1) is 22.4. The smallest absolute Gasteiger partial charge is 0.265 e. The molecule has 1 heterocycles. The van der Waals surface area contributed by atoms with Gasteiger partial charge in [-0.05, 0) is 62.2 Å². The lowest BCUT2D eigenvalue weighted by molar-refractivity contribution is -0.122. The van der Waals surface area contributed by atoms with Crippen molar-refractivity contribution in [2.24, 2.45) is 0 Å². The maximum absolute atomic E-state index is 13.0. The van der Waals surface area contributed by atoms with Crippen LogP contribution in [0.5, 0.6) is 11.5 Å². The SMILES string of the molecule is COc1ccc(S(=O)(=O)N2CCCCC2)cc1NC(=O)[C@H](C)Oc1ccc(Cl)cc1. The quantitative estimate of drug-likeness (QED) is 0.688. The van der Waals surface area contributed by atoms with Gasteiger partial charge in [-0.1, -0.05) is 18.0 Å². The number of anilines is 1. The van der Waals surface area contributed by atoms with E-state index in [0.717, 1.165) is 19.3 Å². The number of methoxy groups -OCH3 is 1. The molecule has 1 aliphatic rings. The van der Waals surface area contributed by atoms with Crippen molar-refractivity contribution in [1.29, 1.82) is 0 Å². The summed E-state index contributed by atoms with van der Waals surface area (Å²) in [5.41, 5.74) is 0.271. The molecule has 30 heavy (non-hydrogen) atoms. The topological polar surface area (TPSA) is 84.9 Å². The minimum Gasteiger partial charge on any atom is -0.495 e. The van der Waals surface area contributed by atoms with Crippen molar-refractivity contribution >= 4 is 33.2 Å². The number of hydrogen-bond acceptors (Lipinski definition) is 5. The van der Waals surface area contributed by atoms with Crippen molar-refractivity contribution in [3.8, 4) is 11.5 Å². The highest BCUT2D eigenvalue weighted by Gasteiger charge is 2.27.